The van der Waals surface area contributed by atoms with E-state index in [2.05, 4.69) is 20.2 Å². The Morgan fingerprint density at radius 2 is 1.87 bits per heavy atom. The Kier molecular flexibility index (Phi) is 4.64. The van der Waals surface area contributed by atoms with Crippen LogP contribution in [-0.4, -0.2) is 64.1 Å². The number of benzene rings is 1. The summed E-state index contributed by atoms with van der Waals surface area (Å²) in [7, 11) is 1.53. The van der Waals surface area contributed by atoms with Crippen LogP contribution in [0.3, 0.4) is 0 Å². The van der Waals surface area contributed by atoms with Crippen molar-refractivity contribution in [2.24, 2.45) is 0 Å². The lowest BCUT2D eigenvalue weighted by Gasteiger charge is -2.28. The molecule has 3 aromatic rings. The van der Waals surface area contributed by atoms with E-state index in [9.17, 15) is 0 Å². The number of rotatable bonds is 4. The van der Waals surface area contributed by atoms with Gasteiger partial charge in [0.1, 0.15) is 11.5 Å². The van der Waals surface area contributed by atoms with Crippen LogP contribution in [0.4, 0.5) is 5.82 Å². The number of thiocarbonyl (C=S) groups is 1. The first-order valence-corrected chi connectivity index (χ1v) is 9.83. The van der Waals surface area contributed by atoms with Crippen LogP contribution in [0.1, 0.15) is 22.5 Å². The van der Waals surface area contributed by atoms with Gasteiger partial charge in [-0.15, -0.1) is 5.10 Å². The molecule has 3 heterocycles. The topological polar surface area (TPSA) is 98.4 Å². The molecule has 0 radical (unpaired) electrons. The van der Waals surface area contributed by atoms with E-state index in [1.165, 1.54) is 12.0 Å². The maximum atomic E-state index is 8.63. The van der Waals surface area contributed by atoms with Crippen molar-refractivity contribution in [3.05, 3.63) is 58.9 Å². The molecule has 1 aliphatic carbocycles. The van der Waals surface area contributed by atoms with Crippen molar-refractivity contribution in [2.75, 3.05) is 38.3 Å². The molecule has 5 rings (SSSR count). The molecule has 9 nitrogen and oxygen atoms in total. The molecule has 2 aromatic heterocycles. The van der Waals surface area contributed by atoms with Crippen molar-refractivity contribution in [1.82, 2.24) is 20.1 Å². The summed E-state index contributed by atoms with van der Waals surface area (Å²) in [4.78, 5) is 14.4. The molecule has 30 heavy (non-hydrogen) atoms. The van der Waals surface area contributed by atoms with Crippen LogP contribution >= 0.6 is 12.2 Å². The van der Waals surface area contributed by atoms with Crippen molar-refractivity contribution in [3.8, 4) is 11.6 Å². The maximum Gasteiger partial charge on any atom is 0.262 e. The minimum absolute atomic E-state index is 0.246. The van der Waals surface area contributed by atoms with Crippen LogP contribution in [-0.2, 0) is 4.74 Å². The fourth-order valence-electron chi connectivity index (χ4n) is 3.55. The van der Waals surface area contributed by atoms with E-state index in [1.807, 2.05) is 30.3 Å². The zero-order valence-corrected chi connectivity index (χ0v) is 17.0. The van der Waals surface area contributed by atoms with E-state index in [-0.39, 0.29) is 5.71 Å². The first kappa shape index (κ1) is 18.6. The van der Waals surface area contributed by atoms with Crippen LogP contribution < -0.4 is 14.5 Å². The molecular weight excluding hydrogens is 404 g/mol. The number of hydrogen-bond donors (Lipinski definition) is 1. The number of methoxy groups -OCH3 is 1. The molecule has 10 heteroatoms. The van der Waals surface area contributed by atoms with Crippen molar-refractivity contribution in [2.45, 2.75) is 0 Å². The van der Waals surface area contributed by atoms with Crippen molar-refractivity contribution < 1.29 is 14.3 Å². The van der Waals surface area contributed by atoms with Gasteiger partial charge >= 0.3 is 0 Å². The van der Waals surface area contributed by atoms with Gasteiger partial charge in [0.2, 0.25) is 5.75 Å². The lowest BCUT2D eigenvalue weighted by Crippen LogP contribution is -2.36. The fraction of sp³-hybridized carbons (Fsp3) is 0.250. The van der Waals surface area contributed by atoms with Gasteiger partial charge in [-0.1, -0.05) is 41.3 Å². The van der Waals surface area contributed by atoms with E-state index in [1.54, 1.807) is 6.07 Å². The van der Waals surface area contributed by atoms with Gasteiger partial charge in [-0.25, -0.2) is 0 Å². The number of anilines is 1. The van der Waals surface area contributed by atoms with E-state index >= 15 is 0 Å². The Labute approximate surface area is 177 Å². The second-order valence-corrected chi connectivity index (χ2v) is 7.19. The molecule has 152 valence electrons. The van der Waals surface area contributed by atoms with Crippen LogP contribution in [0.2, 0.25) is 0 Å². The summed E-state index contributed by atoms with van der Waals surface area (Å²) in [5, 5.41) is 16.8. The predicted molar refractivity (Wildman–Crippen MR) is 113 cm³/mol. The van der Waals surface area contributed by atoms with E-state index in [0.29, 0.717) is 41.1 Å². The predicted octanol–water partition coefficient (Wildman–Crippen LogP) is 1.86. The average Bonchev–Trinajstić information content (AvgIpc) is 3.22. The van der Waals surface area contributed by atoms with Crippen LogP contribution in [0, 0.1) is 5.41 Å². The average molecular weight is 422 g/mol. The van der Waals surface area contributed by atoms with Crippen LogP contribution in [0.25, 0.3) is 0 Å². The van der Waals surface area contributed by atoms with Gasteiger partial charge in [0.05, 0.1) is 30.9 Å². The van der Waals surface area contributed by atoms with E-state index < -0.39 is 0 Å². The SMILES string of the molecule is COc1nc(N2CCOCC2)ccc1On1nnc2c1C(=N)c1ccccc1C2=S. The summed E-state index contributed by atoms with van der Waals surface area (Å²) < 4.78 is 10.8. The zero-order valence-electron chi connectivity index (χ0n) is 16.2. The standard InChI is InChI=1S/C20H18N6O3S/c1-27-20-14(6-7-15(22-20)25-8-10-28-11-9-25)29-26-18-16(21)12-4-2-3-5-13(12)19(30)17(18)23-24-26/h2-7,21H,8-11H2,1H3. The van der Waals surface area contributed by atoms with Crippen molar-refractivity contribution >= 4 is 28.6 Å². The third-order valence-electron chi connectivity index (χ3n) is 5.06. The number of nitrogens with one attached hydrogen (secondary N) is 1. The molecule has 0 saturated carbocycles. The number of pyridine rings is 1. The number of fused-ring (bicyclic) bond motifs is 2. The van der Waals surface area contributed by atoms with Gasteiger partial charge < -0.3 is 19.2 Å². The Morgan fingerprint density at radius 3 is 2.63 bits per heavy atom. The molecule has 1 saturated heterocycles. The minimum atomic E-state index is 0.246. The Hall–Kier alpha value is -3.37. The molecule has 0 bridgehead atoms. The molecule has 0 amide bonds. The minimum Gasteiger partial charge on any atom is -0.478 e. The molecular formula is C20H18N6O3S. The lowest BCUT2D eigenvalue weighted by atomic mass is 9.90. The summed E-state index contributed by atoms with van der Waals surface area (Å²) >= 11 is 5.56. The molecule has 1 aromatic carbocycles. The Morgan fingerprint density at radius 1 is 1.10 bits per heavy atom. The van der Waals surface area contributed by atoms with Gasteiger partial charge in [0, 0.05) is 24.2 Å². The highest BCUT2D eigenvalue weighted by molar-refractivity contribution is 7.81. The number of aromatic nitrogens is 4. The third kappa shape index (κ3) is 3.01. The maximum absolute atomic E-state index is 8.63. The summed E-state index contributed by atoms with van der Waals surface area (Å²) in [5.74, 6) is 1.46. The third-order valence-corrected chi connectivity index (χ3v) is 5.47. The molecule has 1 aliphatic heterocycles. The van der Waals surface area contributed by atoms with E-state index in [0.717, 1.165) is 30.0 Å². The van der Waals surface area contributed by atoms with Gasteiger partial charge in [-0.3, -0.25) is 5.41 Å². The molecule has 1 fully saturated rings. The second-order valence-electron chi connectivity index (χ2n) is 6.78. The Bertz CT molecular complexity index is 1160. The molecule has 0 atom stereocenters. The highest BCUT2D eigenvalue weighted by Crippen LogP contribution is 2.31. The molecule has 0 unspecified atom stereocenters. The largest absolute Gasteiger partial charge is 0.478 e. The van der Waals surface area contributed by atoms with Gasteiger partial charge in [0.15, 0.2) is 5.69 Å². The van der Waals surface area contributed by atoms with Crippen LogP contribution in [0.5, 0.6) is 11.6 Å². The molecule has 1 N–H and O–H groups in total. The lowest BCUT2D eigenvalue weighted by molar-refractivity contribution is 0.122. The zero-order chi connectivity index (χ0) is 20.7. The first-order valence-electron chi connectivity index (χ1n) is 9.42. The molecule has 0 spiro atoms. The van der Waals surface area contributed by atoms with E-state index in [4.69, 9.17) is 31.9 Å². The fourth-order valence-corrected chi connectivity index (χ4v) is 3.86. The summed E-state index contributed by atoms with van der Waals surface area (Å²) in [5.41, 5.74) is 2.61. The number of hydrogen-bond acceptors (Lipinski definition) is 9. The number of morpholine rings is 1. The van der Waals surface area contributed by atoms with Crippen molar-refractivity contribution in [3.63, 3.8) is 0 Å². The summed E-state index contributed by atoms with van der Waals surface area (Å²) in [6.45, 7) is 2.86. The highest BCUT2D eigenvalue weighted by Gasteiger charge is 2.31. The van der Waals surface area contributed by atoms with Gasteiger partial charge in [-0.2, -0.15) is 4.98 Å². The Balaban J connectivity index is 1.48. The summed E-state index contributed by atoms with van der Waals surface area (Å²) in [6, 6.07) is 11.1. The second kappa shape index (κ2) is 7.47. The monoisotopic (exact) mass is 422 g/mol. The normalized spacial score (nSPS) is 15.6. The van der Waals surface area contributed by atoms with Crippen LogP contribution in [0.15, 0.2) is 36.4 Å². The highest BCUT2D eigenvalue weighted by atomic mass is 32.1. The first-order chi connectivity index (χ1) is 14.7. The quantitative estimate of drug-likeness (QED) is 0.498. The van der Waals surface area contributed by atoms with Gasteiger partial charge in [-0.05, 0) is 17.3 Å². The smallest absolute Gasteiger partial charge is 0.262 e. The van der Waals surface area contributed by atoms with Crippen molar-refractivity contribution in [1.29, 1.82) is 5.41 Å². The summed E-state index contributed by atoms with van der Waals surface area (Å²) in [6.07, 6.45) is 0. The number of nitrogens with zero attached hydrogens (tertiary/aromatic N) is 5. The molecule has 2 aliphatic rings. The van der Waals surface area contributed by atoms with Gasteiger partial charge in [0.25, 0.3) is 5.88 Å². The number of ether oxygens (including phenoxy) is 2.